The summed E-state index contributed by atoms with van der Waals surface area (Å²) in [7, 11) is 0. The van der Waals surface area contributed by atoms with Gasteiger partial charge in [0.05, 0.1) is 25.4 Å². The summed E-state index contributed by atoms with van der Waals surface area (Å²) >= 11 is 0. The zero-order valence-electron chi connectivity index (χ0n) is 52.3. The normalized spacial score (nSPS) is 19.3. The first-order valence-electron chi connectivity index (χ1n) is 34.7. The number of unbranched alkanes of at least 4 members (excludes halogenated alkanes) is 45. The molecule has 0 aromatic rings. The minimum absolute atomic E-state index is 0.257. The van der Waals surface area contributed by atoms with Crippen LogP contribution in [0.3, 0.4) is 0 Å². The minimum Gasteiger partial charge on any atom is -0.394 e. The van der Waals surface area contributed by atoms with Gasteiger partial charge in [-0.05, 0) is 64.2 Å². The first-order chi connectivity index (χ1) is 39.2. The summed E-state index contributed by atoms with van der Waals surface area (Å²) in [5, 5.41) is 76.4. The van der Waals surface area contributed by atoms with Gasteiger partial charge >= 0.3 is 0 Å². The van der Waals surface area contributed by atoms with Gasteiger partial charge in [0, 0.05) is 0 Å². The maximum absolute atomic E-state index is 13.2. The largest absolute Gasteiger partial charge is 0.394 e. The zero-order chi connectivity index (χ0) is 58.2. The van der Waals surface area contributed by atoms with Crippen molar-refractivity contribution in [2.75, 3.05) is 13.2 Å². The van der Waals surface area contributed by atoms with Gasteiger partial charge in [0.15, 0.2) is 6.29 Å². The lowest BCUT2D eigenvalue weighted by Gasteiger charge is -2.40. The molecule has 9 unspecified atom stereocenters. The van der Waals surface area contributed by atoms with Gasteiger partial charge in [-0.3, -0.25) is 4.79 Å². The van der Waals surface area contributed by atoms with Crippen molar-refractivity contribution < 1.29 is 50.0 Å². The fourth-order valence-electron chi connectivity index (χ4n) is 11.4. The molecule has 8 N–H and O–H groups in total. The molecule has 0 aromatic heterocycles. The second kappa shape index (κ2) is 58.0. The molecule has 9 atom stereocenters. The highest BCUT2D eigenvalue weighted by Gasteiger charge is 2.44. The van der Waals surface area contributed by atoms with Crippen LogP contribution in [0.2, 0.25) is 0 Å². The standard InChI is InChI=1S/C69H133NO10/c1-3-5-7-9-11-13-15-17-19-21-23-25-27-28-29-30-31-32-33-35-37-39-41-43-45-47-49-51-53-55-57-62(73)68(78)70-60(59-79-69-67(77)66(76)65(75)63(58-71)80-69)64(74)61(72)56-54-52-50-48-46-44-42-40-38-36-34-26-24-22-20-18-16-14-12-10-8-6-4-2/h28-29,48,50,60-67,69,71-77H,3-27,30-47,49,51-59H2,1-2H3,(H,70,78)/b29-28-,50-48+. The fourth-order valence-corrected chi connectivity index (χ4v) is 11.4. The number of rotatable bonds is 61. The monoisotopic (exact) mass is 1140 g/mol. The van der Waals surface area contributed by atoms with Crippen LogP contribution in [0, 0.1) is 0 Å². The van der Waals surface area contributed by atoms with Gasteiger partial charge in [-0.15, -0.1) is 0 Å². The molecule has 0 radical (unpaired) electrons. The molecule has 1 heterocycles. The molecule has 1 fully saturated rings. The summed E-state index contributed by atoms with van der Waals surface area (Å²) in [6.07, 6.45) is 61.2. The van der Waals surface area contributed by atoms with Crippen molar-refractivity contribution in [1.82, 2.24) is 5.32 Å². The van der Waals surface area contributed by atoms with E-state index in [4.69, 9.17) is 9.47 Å². The smallest absolute Gasteiger partial charge is 0.249 e. The van der Waals surface area contributed by atoms with E-state index < -0.39 is 74.2 Å². The van der Waals surface area contributed by atoms with Gasteiger partial charge in [-0.2, -0.15) is 0 Å². The molecular weight excluding hydrogens is 1000 g/mol. The molecule has 11 heteroatoms. The minimum atomic E-state index is -1.67. The Balaban J connectivity index is 2.21. The SMILES string of the molecule is CCCCCCCCCCCCCC/C=C\CCCCCCCCCCCCCCCCC(O)C(=O)NC(COC1OC(CO)C(O)C(O)C1O)C(O)C(O)CCC/C=C/CCCCCCCCCCCCCCCCCCCC. The maximum Gasteiger partial charge on any atom is 0.249 e. The number of amides is 1. The third-order valence-electron chi connectivity index (χ3n) is 17.0. The van der Waals surface area contributed by atoms with Crippen LogP contribution in [0.5, 0.6) is 0 Å². The van der Waals surface area contributed by atoms with E-state index in [1.165, 1.54) is 263 Å². The van der Waals surface area contributed by atoms with Crippen molar-refractivity contribution in [2.24, 2.45) is 0 Å². The summed E-state index contributed by atoms with van der Waals surface area (Å²) in [5.74, 6) is -0.700. The Bertz CT molecular complexity index is 1350. The van der Waals surface area contributed by atoms with E-state index in [2.05, 4.69) is 43.5 Å². The summed E-state index contributed by atoms with van der Waals surface area (Å²) < 4.78 is 11.2. The Labute approximate surface area is 493 Å². The number of carbonyl (C=O) groups is 1. The molecule has 11 nitrogen and oxygen atoms in total. The summed E-state index contributed by atoms with van der Waals surface area (Å²) in [6, 6.07) is -1.18. The second-order valence-electron chi connectivity index (χ2n) is 24.6. The molecule has 1 saturated heterocycles. The Morgan fingerprint density at radius 2 is 0.738 bits per heavy atom. The number of hydrogen-bond acceptors (Lipinski definition) is 10. The van der Waals surface area contributed by atoms with Crippen LogP contribution < -0.4 is 5.32 Å². The van der Waals surface area contributed by atoms with Crippen molar-refractivity contribution in [3.05, 3.63) is 24.3 Å². The van der Waals surface area contributed by atoms with Gasteiger partial charge in [0.1, 0.15) is 36.6 Å². The highest BCUT2D eigenvalue weighted by Crippen LogP contribution is 2.24. The van der Waals surface area contributed by atoms with E-state index in [9.17, 15) is 40.5 Å². The molecule has 0 aliphatic carbocycles. The fraction of sp³-hybridized carbons (Fsp3) is 0.928. The number of nitrogens with one attached hydrogen (secondary N) is 1. The summed E-state index contributed by atoms with van der Waals surface area (Å²) in [6.45, 7) is 3.50. The van der Waals surface area contributed by atoms with Gasteiger partial charge in [-0.1, -0.05) is 301 Å². The topological polar surface area (TPSA) is 189 Å². The molecule has 0 aromatic carbocycles. The third-order valence-corrected chi connectivity index (χ3v) is 17.0. The average Bonchev–Trinajstić information content (AvgIpc) is 3.47. The molecule has 0 spiro atoms. The van der Waals surface area contributed by atoms with E-state index in [0.717, 1.165) is 38.5 Å². The van der Waals surface area contributed by atoms with E-state index in [1.807, 2.05) is 0 Å². The summed E-state index contributed by atoms with van der Waals surface area (Å²) in [5.41, 5.74) is 0. The van der Waals surface area contributed by atoms with Crippen molar-refractivity contribution >= 4 is 5.91 Å². The average molecular weight is 1140 g/mol. The molecule has 80 heavy (non-hydrogen) atoms. The third kappa shape index (κ3) is 45.0. The van der Waals surface area contributed by atoms with Crippen LogP contribution in [0.1, 0.15) is 341 Å². The van der Waals surface area contributed by atoms with Crippen LogP contribution >= 0.6 is 0 Å². The van der Waals surface area contributed by atoms with Crippen molar-refractivity contribution in [1.29, 1.82) is 0 Å². The predicted octanol–water partition coefficient (Wildman–Crippen LogP) is 16.4. The van der Waals surface area contributed by atoms with Crippen LogP contribution in [0.4, 0.5) is 0 Å². The van der Waals surface area contributed by atoms with Crippen molar-refractivity contribution in [3.8, 4) is 0 Å². The number of hydrogen-bond donors (Lipinski definition) is 8. The van der Waals surface area contributed by atoms with Crippen LogP contribution in [-0.2, 0) is 14.3 Å². The van der Waals surface area contributed by atoms with Crippen LogP contribution in [0.25, 0.3) is 0 Å². The van der Waals surface area contributed by atoms with E-state index in [0.29, 0.717) is 12.8 Å². The second-order valence-corrected chi connectivity index (χ2v) is 24.6. The first kappa shape index (κ1) is 76.6. The number of carbonyl (C=O) groups excluding carboxylic acids is 1. The lowest BCUT2D eigenvalue weighted by Crippen LogP contribution is -2.60. The number of aliphatic hydroxyl groups is 7. The van der Waals surface area contributed by atoms with Crippen LogP contribution in [0.15, 0.2) is 24.3 Å². The molecule has 474 valence electrons. The van der Waals surface area contributed by atoms with Crippen molar-refractivity contribution in [2.45, 2.75) is 396 Å². The maximum atomic E-state index is 13.2. The van der Waals surface area contributed by atoms with Gasteiger partial charge in [0.2, 0.25) is 5.91 Å². The molecular formula is C69H133NO10. The summed E-state index contributed by atoms with van der Waals surface area (Å²) in [4.78, 5) is 13.2. The van der Waals surface area contributed by atoms with Gasteiger partial charge < -0.3 is 50.5 Å². The Kier molecular flexibility index (Phi) is 55.5. The van der Waals surface area contributed by atoms with Gasteiger partial charge in [0.25, 0.3) is 0 Å². The highest BCUT2D eigenvalue weighted by atomic mass is 16.7. The van der Waals surface area contributed by atoms with E-state index in [1.54, 1.807) is 0 Å². The van der Waals surface area contributed by atoms with E-state index in [-0.39, 0.29) is 12.8 Å². The van der Waals surface area contributed by atoms with E-state index >= 15 is 0 Å². The lowest BCUT2D eigenvalue weighted by atomic mass is 9.98. The van der Waals surface area contributed by atoms with Gasteiger partial charge in [-0.25, -0.2) is 0 Å². The molecule has 1 aliphatic heterocycles. The Morgan fingerprint density at radius 1 is 0.425 bits per heavy atom. The predicted molar refractivity (Wildman–Crippen MR) is 335 cm³/mol. The number of allylic oxidation sites excluding steroid dienone is 4. The molecule has 0 bridgehead atoms. The first-order valence-corrected chi connectivity index (χ1v) is 34.7. The Hall–Kier alpha value is -1.41. The van der Waals surface area contributed by atoms with Crippen LogP contribution in [-0.4, -0.2) is 110 Å². The molecule has 1 rings (SSSR count). The zero-order valence-corrected chi connectivity index (χ0v) is 52.3. The van der Waals surface area contributed by atoms with Crippen molar-refractivity contribution in [3.63, 3.8) is 0 Å². The molecule has 0 saturated carbocycles. The Morgan fingerprint density at radius 3 is 1.07 bits per heavy atom. The quantitative estimate of drug-likeness (QED) is 0.0215. The lowest BCUT2D eigenvalue weighted by molar-refractivity contribution is -0.303. The molecule has 1 aliphatic rings. The number of ether oxygens (including phenoxy) is 2. The highest BCUT2D eigenvalue weighted by molar-refractivity contribution is 5.80. The number of aliphatic hydroxyl groups excluding tert-OH is 7. The molecule has 1 amide bonds.